The predicted molar refractivity (Wildman–Crippen MR) is 133 cm³/mol. The largest absolute Gasteiger partial charge is 0.272 e. The van der Waals surface area contributed by atoms with E-state index in [-0.39, 0.29) is 16.5 Å². The molecule has 0 aromatic heterocycles. The van der Waals surface area contributed by atoms with E-state index < -0.39 is 22.5 Å². The summed E-state index contributed by atoms with van der Waals surface area (Å²) >= 11 is 23.8. The van der Waals surface area contributed by atoms with Gasteiger partial charge in [-0.2, -0.15) is 9.41 Å². The van der Waals surface area contributed by atoms with E-state index in [2.05, 4.69) is 10.5 Å². The minimum Gasteiger partial charge on any atom is -0.272 e. The fraction of sp³-hybridized carbons (Fsp3) is 0.0909. The zero-order valence-corrected chi connectivity index (χ0v) is 20.7. The standard InChI is InChI=1S/C22H17Cl4N3O3S/c23-17-6-4-15(5-7-17)13-29(33(31,32)19-10-8-18(24)9-11-19)14-21(30)28-27-12-16-2-1-3-20(25)22(16)26/h1-12H,13-14H2,(H,28,30)/b27-12-. The molecule has 3 rings (SSSR count). The van der Waals surface area contributed by atoms with Crippen LogP contribution in [0.1, 0.15) is 11.1 Å². The van der Waals surface area contributed by atoms with E-state index in [9.17, 15) is 13.2 Å². The highest BCUT2D eigenvalue weighted by molar-refractivity contribution is 7.89. The van der Waals surface area contributed by atoms with Crippen LogP contribution in [0.15, 0.2) is 76.7 Å². The van der Waals surface area contributed by atoms with Crippen LogP contribution in [-0.2, 0) is 21.4 Å². The lowest BCUT2D eigenvalue weighted by Gasteiger charge is -2.21. The highest BCUT2D eigenvalue weighted by Gasteiger charge is 2.27. The first-order chi connectivity index (χ1) is 15.7. The van der Waals surface area contributed by atoms with Crippen LogP contribution >= 0.6 is 46.4 Å². The molecule has 3 aromatic carbocycles. The summed E-state index contributed by atoms with van der Waals surface area (Å²) in [6, 6.07) is 17.3. The lowest BCUT2D eigenvalue weighted by atomic mass is 10.2. The van der Waals surface area contributed by atoms with Gasteiger partial charge in [-0.1, -0.05) is 70.7 Å². The zero-order valence-electron chi connectivity index (χ0n) is 16.9. The molecule has 0 saturated carbocycles. The zero-order chi connectivity index (χ0) is 24.0. The van der Waals surface area contributed by atoms with Crippen LogP contribution in [0.2, 0.25) is 20.1 Å². The molecule has 0 aliphatic heterocycles. The summed E-state index contributed by atoms with van der Waals surface area (Å²) in [6.45, 7) is -0.534. The van der Waals surface area contributed by atoms with E-state index in [4.69, 9.17) is 46.4 Å². The summed E-state index contributed by atoms with van der Waals surface area (Å²) in [6.07, 6.45) is 1.32. The molecule has 33 heavy (non-hydrogen) atoms. The molecular weight excluding hydrogens is 528 g/mol. The van der Waals surface area contributed by atoms with Gasteiger partial charge in [0.15, 0.2) is 0 Å². The van der Waals surface area contributed by atoms with Crippen molar-refractivity contribution in [1.29, 1.82) is 0 Å². The molecule has 0 heterocycles. The second-order valence-electron chi connectivity index (χ2n) is 6.79. The maximum Gasteiger partial charge on any atom is 0.255 e. The molecular formula is C22H17Cl4N3O3S. The molecule has 11 heteroatoms. The van der Waals surface area contributed by atoms with Gasteiger partial charge in [-0.05, 0) is 48.0 Å². The second-order valence-corrected chi connectivity index (χ2v) is 10.4. The minimum atomic E-state index is -4.02. The number of amides is 1. The predicted octanol–water partition coefficient (Wildman–Crippen LogP) is 5.64. The van der Waals surface area contributed by atoms with Crippen molar-refractivity contribution in [1.82, 2.24) is 9.73 Å². The average molecular weight is 545 g/mol. The van der Waals surface area contributed by atoms with Gasteiger partial charge in [-0.3, -0.25) is 4.79 Å². The van der Waals surface area contributed by atoms with Gasteiger partial charge in [0.1, 0.15) is 0 Å². The monoisotopic (exact) mass is 543 g/mol. The Balaban J connectivity index is 1.80. The fourth-order valence-electron chi connectivity index (χ4n) is 2.76. The van der Waals surface area contributed by atoms with Crippen LogP contribution in [0.5, 0.6) is 0 Å². The highest BCUT2D eigenvalue weighted by Crippen LogP contribution is 2.24. The normalized spacial score (nSPS) is 11.8. The van der Waals surface area contributed by atoms with Crippen molar-refractivity contribution in [2.75, 3.05) is 6.54 Å². The van der Waals surface area contributed by atoms with Gasteiger partial charge in [-0.15, -0.1) is 0 Å². The minimum absolute atomic E-state index is 0.00266. The molecule has 0 bridgehead atoms. The third-order valence-corrected chi connectivity index (χ3v) is 7.56. The Bertz CT molecular complexity index is 1270. The van der Waals surface area contributed by atoms with E-state index in [0.717, 1.165) is 4.31 Å². The van der Waals surface area contributed by atoms with Gasteiger partial charge in [0.25, 0.3) is 5.91 Å². The first kappa shape index (κ1) is 25.5. The number of carbonyl (C=O) groups excluding carboxylic acids is 1. The summed E-state index contributed by atoms with van der Waals surface area (Å²) < 4.78 is 27.5. The van der Waals surface area contributed by atoms with Crippen molar-refractivity contribution in [2.24, 2.45) is 5.10 Å². The van der Waals surface area contributed by atoms with Gasteiger partial charge in [-0.25, -0.2) is 13.8 Å². The SMILES string of the molecule is O=C(CN(Cc1ccc(Cl)cc1)S(=O)(=O)c1ccc(Cl)cc1)N/N=C\c1cccc(Cl)c1Cl. The van der Waals surface area contributed by atoms with Gasteiger partial charge < -0.3 is 0 Å². The summed E-state index contributed by atoms with van der Waals surface area (Å²) in [7, 11) is -4.02. The number of hydrogen-bond donors (Lipinski definition) is 1. The smallest absolute Gasteiger partial charge is 0.255 e. The Kier molecular flexibility index (Phi) is 8.75. The highest BCUT2D eigenvalue weighted by atomic mass is 35.5. The Morgan fingerprint density at radius 2 is 1.52 bits per heavy atom. The van der Waals surface area contributed by atoms with Crippen LogP contribution in [0.4, 0.5) is 0 Å². The molecule has 0 saturated heterocycles. The lowest BCUT2D eigenvalue weighted by Crippen LogP contribution is -2.39. The van der Waals surface area contributed by atoms with Gasteiger partial charge >= 0.3 is 0 Å². The quantitative estimate of drug-likeness (QED) is 0.294. The van der Waals surface area contributed by atoms with Gasteiger partial charge in [0.05, 0.1) is 27.7 Å². The van der Waals surface area contributed by atoms with Crippen LogP contribution in [0, 0.1) is 0 Å². The first-order valence-electron chi connectivity index (χ1n) is 9.43. The maximum atomic E-state index is 13.2. The third-order valence-electron chi connectivity index (χ3n) is 4.42. The molecule has 1 N–H and O–H groups in total. The van der Waals surface area contributed by atoms with Crippen LogP contribution < -0.4 is 5.43 Å². The lowest BCUT2D eigenvalue weighted by molar-refractivity contribution is -0.121. The Morgan fingerprint density at radius 1 is 0.909 bits per heavy atom. The summed E-state index contributed by atoms with van der Waals surface area (Å²) in [4.78, 5) is 12.5. The number of halogens is 4. The number of benzene rings is 3. The molecule has 0 radical (unpaired) electrons. The van der Waals surface area contributed by atoms with Crippen molar-refractivity contribution in [3.8, 4) is 0 Å². The molecule has 0 atom stereocenters. The average Bonchev–Trinajstić information content (AvgIpc) is 2.78. The van der Waals surface area contributed by atoms with Crippen LogP contribution in [0.3, 0.4) is 0 Å². The summed E-state index contributed by atoms with van der Waals surface area (Å²) in [5.74, 6) is -0.643. The van der Waals surface area contributed by atoms with Crippen molar-refractivity contribution in [2.45, 2.75) is 11.4 Å². The molecule has 6 nitrogen and oxygen atoms in total. The van der Waals surface area contributed by atoms with E-state index in [1.54, 1.807) is 42.5 Å². The number of hydrazone groups is 1. The molecule has 0 spiro atoms. The van der Waals surface area contributed by atoms with Crippen molar-refractivity contribution in [3.05, 3.63) is 97.9 Å². The Hall–Kier alpha value is -2.13. The van der Waals surface area contributed by atoms with Gasteiger partial charge in [0.2, 0.25) is 10.0 Å². The van der Waals surface area contributed by atoms with Crippen molar-refractivity contribution < 1.29 is 13.2 Å². The molecule has 0 fully saturated rings. The van der Waals surface area contributed by atoms with E-state index in [1.807, 2.05) is 0 Å². The van der Waals surface area contributed by atoms with Crippen LogP contribution in [-0.4, -0.2) is 31.4 Å². The first-order valence-corrected chi connectivity index (χ1v) is 12.4. The number of hydrogen-bond acceptors (Lipinski definition) is 4. The molecule has 0 unspecified atom stereocenters. The molecule has 172 valence electrons. The second kappa shape index (κ2) is 11.3. The summed E-state index contributed by atoms with van der Waals surface area (Å²) in [5, 5.41) is 5.39. The van der Waals surface area contributed by atoms with E-state index in [0.29, 0.717) is 26.2 Å². The van der Waals surface area contributed by atoms with Crippen molar-refractivity contribution in [3.63, 3.8) is 0 Å². The number of sulfonamides is 1. The van der Waals surface area contributed by atoms with E-state index >= 15 is 0 Å². The number of rotatable bonds is 8. The molecule has 1 amide bonds. The molecule has 0 aliphatic rings. The molecule has 0 aliphatic carbocycles. The van der Waals surface area contributed by atoms with Gasteiger partial charge in [0, 0.05) is 22.2 Å². The fourth-order valence-corrected chi connectivity index (χ4v) is 4.76. The maximum absolute atomic E-state index is 13.2. The van der Waals surface area contributed by atoms with Crippen molar-refractivity contribution >= 4 is 68.5 Å². The number of nitrogens with zero attached hydrogens (tertiary/aromatic N) is 2. The third kappa shape index (κ3) is 6.93. The Morgan fingerprint density at radius 3 is 2.15 bits per heavy atom. The topological polar surface area (TPSA) is 78.8 Å². The molecule has 3 aromatic rings. The number of nitrogens with one attached hydrogen (secondary N) is 1. The summed E-state index contributed by atoms with van der Waals surface area (Å²) in [5.41, 5.74) is 3.46. The van der Waals surface area contributed by atoms with E-state index in [1.165, 1.54) is 30.5 Å². The number of carbonyl (C=O) groups is 1. The Labute approximate surface area is 211 Å². The van der Waals surface area contributed by atoms with Crippen LogP contribution in [0.25, 0.3) is 0 Å².